The number of hydrogen-bond donors (Lipinski definition) is 0. The Balaban J connectivity index is 1.87. The molecule has 2 atom stereocenters. The highest BCUT2D eigenvalue weighted by Crippen LogP contribution is 2.59. The minimum absolute atomic E-state index is 0.144. The third-order valence-electron chi connectivity index (χ3n) is 5.53. The maximum atomic E-state index is 14.7. The summed E-state index contributed by atoms with van der Waals surface area (Å²) in [5, 5.41) is 1.96. The van der Waals surface area contributed by atoms with Crippen molar-refractivity contribution in [3.05, 3.63) is 95.0 Å². The van der Waals surface area contributed by atoms with Crippen LogP contribution in [0.2, 0.25) is 0 Å². The lowest BCUT2D eigenvalue weighted by Crippen LogP contribution is -2.27. The predicted octanol–water partition coefficient (Wildman–Crippen LogP) is 6.10. The molecule has 0 aromatic heterocycles. The molecule has 1 aliphatic carbocycles. The fourth-order valence-electron chi connectivity index (χ4n) is 4.35. The van der Waals surface area contributed by atoms with E-state index >= 15 is 0 Å². The number of rotatable bonds is 4. The minimum atomic E-state index is -2.73. The summed E-state index contributed by atoms with van der Waals surface area (Å²) >= 11 is 3.72. The van der Waals surface area contributed by atoms with Gasteiger partial charge >= 0.3 is 0 Å². The highest BCUT2D eigenvalue weighted by Gasteiger charge is 2.44. The smallest absolute Gasteiger partial charge is 0.146 e. The fourth-order valence-corrected chi connectivity index (χ4v) is 8.58. The molecule has 1 aliphatic rings. The molecule has 0 amide bonds. The molecule has 0 unspecified atom stereocenters. The SMILES string of the molecule is O=P(c1ccccc1)(c1ccccc1)[C@@H]1CCC[C@H]1c1ccccc1Br. The lowest BCUT2D eigenvalue weighted by atomic mass is 9.97. The van der Waals surface area contributed by atoms with E-state index in [9.17, 15) is 4.57 Å². The number of hydrogen-bond acceptors (Lipinski definition) is 1. The zero-order valence-electron chi connectivity index (χ0n) is 14.6. The van der Waals surface area contributed by atoms with Crippen LogP contribution < -0.4 is 10.6 Å². The monoisotopic (exact) mass is 424 g/mol. The summed E-state index contributed by atoms with van der Waals surface area (Å²) in [4.78, 5) is 0. The van der Waals surface area contributed by atoms with Gasteiger partial charge in [-0.3, -0.25) is 0 Å². The van der Waals surface area contributed by atoms with Crippen LogP contribution >= 0.6 is 23.1 Å². The lowest BCUT2D eigenvalue weighted by molar-refractivity contribution is 0.570. The van der Waals surface area contributed by atoms with Gasteiger partial charge in [-0.15, -0.1) is 0 Å². The number of halogens is 1. The molecule has 0 aliphatic heterocycles. The van der Waals surface area contributed by atoms with Crippen LogP contribution in [0.3, 0.4) is 0 Å². The highest BCUT2D eigenvalue weighted by molar-refractivity contribution is 9.10. The van der Waals surface area contributed by atoms with E-state index < -0.39 is 7.14 Å². The van der Waals surface area contributed by atoms with Crippen LogP contribution in [0.25, 0.3) is 0 Å². The van der Waals surface area contributed by atoms with Gasteiger partial charge in [0.05, 0.1) is 0 Å². The molecule has 0 spiro atoms. The Labute approximate surface area is 164 Å². The van der Waals surface area contributed by atoms with Gasteiger partial charge in [0, 0.05) is 20.7 Å². The molecule has 0 heterocycles. The van der Waals surface area contributed by atoms with Gasteiger partial charge in [0.1, 0.15) is 7.14 Å². The van der Waals surface area contributed by atoms with Crippen LogP contribution in [-0.4, -0.2) is 5.66 Å². The fraction of sp³-hybridized carbons (Fsp3) is 0.217. The molecular formula is C23H22BrOP. The van der Waals surface area contributed by atoms with Crippen molar-refractivity contribution >= 4 is 33.7 Å². The Morgan fingerprint density at radius 1 is 0.731 bits per heavy atom. The molecular weight excluding hydrogens is 403 g/mol. The molecule has 26 heavy (non-hydrogen) atoms. The second-order valence-corrected chi connectivity index (χ2v) is 10.8. The van der Waals surface area contributed by atoms with Gasteiger partial charge in [0.15, 0.2) is 0 Å². The Morgan fingerprint density at radius 3 is 1.85 bits per heavy atom. The van der Waals surface area contributed by atoms with E-state index in [-0.39, 0.29) is 5.66 Å². The van der Waals surface area contributed by atoms with Gasteiger partial charge < -0.3 is 4.57 Å². The van der Waals surface area contributed by atoms with Crippen molar-refractivity contribution in [3.8, 4) is 0 Å². The molecule has 0 saturated heterocycles. The second kappa shape index (κ2) is 7.55. The third kappa shape index (κ3) is 3.10. The van der Waals surface area contributed by atoms with Crippen LogP contribution in [0.15, 0.2) is 89.4 Å². The summed E-state index contributed by atoms with van der Waals surface area (Å²) in [6.07, 6.45) is 3.23. The van der Waals surface area contributed by atoms with Crippen molar-refractivity contribution in [2.45, 2.75) is 30.8 Å². The van der Waals surface area contributed by atoms with Gasteiger partial charge in [0.2, 0.25) is 0 Å². The third-order valence-corrected chi connectivity index (χ3v) is 9.94. The summed E-state index contributed by atoms with van der Waals surface area (Å²) in [5.74, 6) is 0.317. The summed E-state index contributed by atoms with van der Waals surface area (Å²) in [5.41, 5.74) is 1.44. The van der Waals surface area contributed by atoms with E-state index in [0.29, 0.717) is 5.92 Å². The maximum Gasteiger partial charge on any atom is 0.146 e. The first-order valence-electron chi connectivity index (χ1n) is 9.16. The van der Waals surface area contributed by atoms with E-state index in [4.69, 9.17) is 0 Å². The van der Waals surface area contributed by atoms with E-state index in [1.807, 2.05) is 66.7 Å². The molecule has 0 bridgehead atoms. The standard InChI is InChI=1S/C23H22BrOP/c24-22-16-8-7-14-20(22)21-15-9-17-23(21)26(25,18-10-3-1-4-11-18)19-12-5-2-6-13-19/h1-8,10-14,16,21,23H,9,15,17H2/t21-,23+/m0/s1. The average Bonchev–Trinajstić information content (AvgIpc) is 3.19. The lowest BCUT2D eigenvalue weighted by Gasteiger charge is -2.31. The Morgan fingerprint density at radius 2 is 1.27 bits per heavy atom. The van der Waals surface area contributed by atoms with E-state index in [1.165, 1.54) is 5.56 Å². The Bertz CT molecular complexity index is 880. The molecule has 3 aromatic carbocycles. The van der Waals surface area contributed by atoms with E-state index in [0.717, 1.165) is 34.3 Å². The van der Waals surface area contributed by atoms with Crippen molar-refractivity contribution in [2.24, 2.45) is 0 Å². The highest BCUT2D eigenvalue weighted by atomic mass is 79.9. The van der Waals surface area contributed by atoms with Crippen molar-refractivity contribution in [1.82, 2.24) is 0 Å². The van der Waals surface area contributed by atoms with Crippen LogP contribution in [0.4, 0.5) is 0 Å². The first-order chi connectivity index (χ1) is 12.7. The largest absolute Gasteiger partial charge is 0.313 e. The normalized spacial score (nSPS) is 20.2. The summed E-state index contributed by atoms with van der Waals surface area (Å²) in [6, 6.07) is 28.6. The quantitative estimate of drug-likeness (QED) is 0.462. The predicted molar refractivity (Wildman–Crippen MR) is 114 cm³/mol. The number of benzene rings is 3. The van der Waals surface area contributed by atoms with Crippen LogP contribution in [0, 0.1) is 0 Å². The van der Waals surface area contributed by atoms with Crippen LogP contribution in [0.5, 0.6) is 0 Å². The summed E-state index contributed by atoms with van der Waals surface area (Å²) in [7, 11) is -2.73. The van der Waals surface area contributed by atoms with Crippen molar-refractivity contribution in [3.63, 3.8) is 0 Å². The van der Waals surface area contributed by atoms with E-state index in [2.05, 4.69) is 34.1 Å². The molecule has 1 nitrogen and oxygen atoms in total. The summed E-state index contributed by atoms with van der Waals surface area (Å²) in [6.45, 7) is 0. The topological polar surface area (TPSA) is 17.1 Å². The Kier molecular flexibility index (Phi) is 5.16. The zero-order chi connectivity index (χ0) is 18.0. The second-order valence-electron chi connectivity index (χ2n) is 6.96. The molecule has 1 saturated carbocycles. The Hall–Kier alpha value is -1.63. The summed E-state index contributed by atoms with van der Waals surface area (Å²) < 4.78 is 15.8. The van der Waals surface area contributed by atoms with Crippen LogP contribution in [0.1, 0.15) is 30.7 Å². The molecule has 0 N–H and O–H groups in total. The first kappa shape index (κ1) is 17.8. The van der Waals surface area contributed by atoms with Gasteiger partial charge in [-0.2, -0.15) is 0 Å². The molecule has 1 fully saturated rings. The first-order valence-corrected chi connectivity index (χ1v) is 11.7. The van der Waals surface area contributed by atoms with Crippen molar-refractivity contribution in [1.29, 1.82) is 0 Å². The van der Waals surface area contributed by atoms with Gasteiger partial charge in [-0.25, -0.2) is 0 Å². The molecule has 132 valence electrons. The minimum Gasteiger partial charge on any atom is -0.313 e. The zero-order valence-corrected chi connectivity index (χ0v) is 17.1. The van der Waals surface area contributed by atoms with Gasteiger partial charge in [-0.05, 0) is 30.4 Å². The molecule has 0 radical (unpaired) electrons. The van der Waals surface area contributed by atoms with Crippen molar-refractivity contribution in [2.75, 3.05) is 0 Å². The average molecular weight is 425 g/mol. The maximum absolute atomic E-state index is 14.7. The molecule has 3 heteroatoms. The van der Waals surface area contributed by atoms with Gasteiger partial charge in [0.25, 0.3) is 0 Å². The molecule has 3 aromatic rings. The van der Waals surface area contributed by atoms with Gasteiger partial charge in [-0.1, -0.05) is 101 Å². The molecule has 4 rings (SSSR count). The van der Waals surface area contributed by atoms with E-state index in [1.54, 1.807) is 0 Å². The van der Waals surface area contributed by atoms with Crippen molar-refractivity contribution < 1.29 is 4.57 Å². The van der Waals surface area contributed by atoms with Crippen LogP contribution in [-0.2, 0) is 4.57 Å².